The Balaban J connectivity index is 0.00000147. The van der Waals surface area contributed by atoms with Crippen LogP contribution in [0.1, 0.15) is 12.1 Å². The fourth-order valence-corrected chi connectivity index (χ4v) is 3.17. The highest BCUT2D eigenvalue weighted by molar-refractivity contribution is 7.13. The number of nitrogens with zero attached hydrogens (tertiary/aromatic N) is 3. The molecule has 108 valence electrons. The summed E-state index contributed by atoms with van der Waals surface area (Å²) in [6, 6.07) is 6.58. The van der Waals surface area contributed by atoms with Crippen LogP contribution in [-0.2, 0) is 6.54 Å². The first-order valence-corrected chi connectivity index (χ1v) is 7.47. The Morgan fingerprint density at radius 3 is 3.05 bits per heavy atom. The highest BCUT2D eigenvalue weighted by Crippen LogP contribution is 2.22. The summed E-state index contributed by atoms with van der Waals surface area (Å²) >= 11 is 1.67. The lowest BCUT2D eigenvalue weighted by Crippen LogP contribution is -2.32. The summed E-state index contributed by atoms with van der Waals surface area (Å²) in [6.45, 7) is 3.13. The van der Waals surface area contributed by atoms with E-state index in [4.69, 9.17) is 0 Å². The first kappa shape index (κ1) is 15.4. The van der Waals surface area contributed by atoms with Crippen molar-refractivity contribution in [1.82, 2.24) is 20.2 Å². The first-order valence-electron chi connectivity index (χ1n) is 6.59. The van der Waals surface area contributed by atoms with E-state index in [0.717, 1.165) is 36.0 Å². The van der Waals surface area contributed by atoms with Crippen molar-refractivity contribution in [2.45, 2.75) is 19.0 Å². The summed E-state index contributed by atoms with van der Waals surface area (Å²) < 4.78 is 0. The monoisotopic (exact) mass is 310 g/mol. The Morgan fingerprint density at radius 1 is 1.45 bits per heavy atom. The standard InChI is InChI=1S/C14H18N4S.ClH/c1-18(12-5-7-15-8-12)9-11-10-19-14(17-11)13-4-2-3-6-16-13;/h2-4,6,10,12,15H,5,7-9H2,1H3;1H. The highest BCUT2D eigenvalue weighted by atomic mass is 35.5. The Bertz CT molecular complexity index is 525. The molecule has 3 heterocycles. The molecule has 2 aromatic heterocycles. The van der Waals surface area contributed by atoms with Gasteiger partial charge < -0.3 is 5.32 Å². The molecule has 20 heavy (non-hydrogen) atoms. The molecule has 0 bridgehead atoms. The van der Waals surface area contributed by atoms with Gasteiger partial charge in [0.05, 0.1) is 11.4 Å². The third-order valence-corrected chi connectivity index (χ3v) is 4.42. The minimum Gasteiger partial charge on any atom is -0.315 e. The van der Waals surface area contributed by atoms with Gasteiger partial charge in [0.1, 0.15) is 5.01 Å². The quantitative estimate of drug-likeness (QED) is 0.941. The Morgan fingerprint density at radius 2 is 2.35 bits per heavy atom. The van der Waals surface area contributed by atoms with E-state index in [1.54, 1.807) is 11.3 Å². The van der Waals surface area contributed by atoms with Crippen LogP contribution in [0.25, 0.3) is 10.7 Å². The van der Waals surface area contributed by atoms with Crippen LogP contribution in [0.3, 0.4) is 0 Å². The van der Waals surface area contributed by atoms with Crippen molar-refractivity contribution in [3.63, 3.8) is 0 Å². The number of rotatable bonds is 4. The molecule has 2 aromatic rings. The second-order valence-electron chi connectivity index (χ2n) is 4.92. The van der Waals surface area contributed by atoms with Crippen molar-refractivity contribution < 1.29 is 0 Å². The smallest absolute Gasteiger partial charge is 0.142 e. The summed E-state index contributed by atoms with van der Waals surface area (Å²) in [5.74, 6) is 0. The molecular weight excluding hydrogens is 292 g/mol. The molecule has 0 radical (unpaired) electrons. The van der Waals surface area contributed by atoms with Crippen LogP contribution in [0, 0.1) is 0 Å². The molecule has 1 saturated heterocycles. The van der Waals surface area contributed by atoms with Gasteiger partial charge in [0.15, 0.2) is 0 Å². The number of halogens is 1. The van der Waals surface area contributed by atoms with E-state index in [1.165, 1.54) is 6.42 Å². The maximum absolute atomic E-state index is 4.69. The summed E-state index contributed by atoms with van der Waals surface area (Å²) in [5, 5.41) is 6.55. The Hall–Kier alpha value is -1.01. The molecule has 0 amide bonds. The number of hydrogen-bond donors (Lipinski definition) is 1. The zero-order valence-electron chi connectivity index (χ0n) is 11.5. The van der Waals surface area contributed by atoms with Crippen LogP contribution in [0.4, 0.5) is 0 Å². The van der Waals surface area contributed by atoms with Gasteiger partial charge in [0.2, 0.25) is 0 Å². The molecule has 1 atom stereocenters. The van der Waals surface area contributed by atoms with Crippen LogP contribution < -0.4 is 5.32 Å². The Labute approximate surface area is 129 Å². The van der Waals surface area contributed by atoms with E-state index in [-0.39, 0.29) is 12.4 Å². The summed E-state index contributed by atoms with van der Waals surface area (Å²) in [7, 11) is 2.18. The van der Waals surface area contributed by atoms with Gasteiger partial charge in [-0.2, -0.15) is 0 Å². The van der Waals surface area contributed by atoms with Gasteiger partial charge in [0, 0.05) is 30.7 Å². The molecule has 1 fully saturated rings. The normalized spacial score (nSPS) is 18.2. The highest BCUT2D eigenvalue weighted by Gasteiger charge is 2.19. The maximum atomic E-state index is 4.69. The van der Waals surface area contributed by atoms with E-state index in [1.807, 2.05) is 24.4 Å². The molecule has 4 nitrogen and oxygen atoms in total. The van der Waals surface area contributed by atoms with Crippen molar-refractivity contribution in [2.24, 2.45) is 0 Å². The predicted molar refractivity (Wildman–Crippen MR) is 85.3 cm³/mol. The summed E-state index contributed by atoms with van der Waals surface area (Å²) in [5.41, 5.74) is 2.10. The van der Waals surface area contributed by atoms with Gasteiger partial charge in [-0.25, -0.2) is 4.98 Å². The third-order valence-electron chi connectivity index (χ3n) is 3.50. The Kier molecular flexibility index (Phi) is 5.48. The van der Waals surface area contributed by atoms with Gasteiger partial charge in [-0.15, -0.1) is 23.7 Å². The van der Waals surface area contributed by atoms with E-state index >= 15 is 0 Å². The molecule has 1 unspecified atom stereocenters. The zero-order chi connectivity index (χ0) is 13.1. The first-order chi connectivity index (χ1) is 9.33. The molecule has 0 aromatic carbocycles. The third kappa shape index (κ3) is 3.55. The molecule has 1 aliphatic heterocycles. The van der Waals surface area contributed by atoms with Crippen LogP contribution in [0.2, 0.25) is 0 Å². The van der Waals surface area contributed by atoms with Gasteiger partial charge >= 0.3 is 0 Å². The van der Waals surface area contributed by atoms with Crippen molar-refractivity contribution in [3.8, 4) is 10.7 Å². The van der Waals surface area contributed by atoms with Crippen LogP contribution >= 0.6 is 23.7 Å². The van der Waals surface area contributed by atoms with E-state index in [0.29, 0.717) is 6.04 Å². The average Bonchev–Trinajstić information content (AvgIpc) is 3.11. The number of thiazole rings is 1. The molecular formula is C14H19ClN4S. The fourth-order valence-electron chi connectivity index (χ4n) is 2.39. The minimum absolute atomic E-state index is 0. The van der Waals surface area contributed by atoms with Crippen molar-refractivity contribution >= 4 is 23.7 Å². The van der Waals surface area contributed by atoms with E-state index in [2.05, 4.69) is 32.6 Å². The SMILES string of the molecule is CN(Cc1csc(-c2ccccn2)n1)C1CCNC1.Cl. The largest absolute Gasteiger partial charge is 0.315 e. The van der Waals surface area contributed by atoms with Crippen molar-refractivity contribution in [2.75, 3.05) is 20.1 Å². The van der Waals surface area contributed by atoms with Crippen LogP contribution in [-0.4, -0.2) is 41.0 Å². The second kappa shape index (κ2) is 7.13. The zero-order valence-corrected chi connectivity index (χ0v) is 13.1. The molecule has 1 N–H and O–H groups in total. The predicted octanol–water partition coefficient (Wildman–Crippen LogP) is 2.42. The topological polar surface area (TPSA) is 41.1 Å². The molecule has 1 aliphatic rings. The van der Waals surface area contributed by atoms with Crippen LogP contribution in [0.5, 0.6) is 0 Å². The molecule has 6 heteroatoms. The number of pyridine rings is 1. The lowest BCUT2D eigenvalue weighted by atomic mass is 10.2. The van der Waals surface area contributed by atoms with Crippen LogP contribution in [0.15, 0.2) is 29.8 Å². The van der Waals surface area contributed by atoms with Gasteiger partial charge in [-0.3, -0.25) is 9.88 Å². The van der Waals surface area contributed by atoms with Gasteiger partial charge in [0.25, 0.3) is 0 Å². The lowest BCUT2D eigenvalue weighted by Gasteiger charge is -2.22. The average molecular weight is 311 g/mol. The van der Waals surface area contributed by atoms with Crippen molar-refractivity contribution in [3.05, 3.63) is 35.5 Å². The molecule has 0 aliphatic carbocycles. The van der Waals surface area contributed by atoms with Gasteiger partial charge in [-0.1, -0.05) is 6.07 Å². The number of nitrogens with one attached hydrogen (secondary N) is 1. The van der Waals surface area contributed by atoms with Crippen molar-refractivity contribution in [1.29, 1.82) is 0 Å². The molecule has 3 rings (SSSR count). The fraction of sp³-hybridized carbons (Fsp3) is 0.429. The summed E-state index contributed by atoms with van der Waals surface area (Å²) in [4.78, 5) is 11.4. The lowest BCUT2D eigenvalue weighted by molar-refractivity contribution is 0.246. The number of aromatic nitrogens is 2. The summed E-state index contributed by atoms with van der Waals surface area (Å²) in [6.07, 6.45) is 3.04. The number of likely N-dealkylation sites (N-methyl/N-ethyl adjacent to an activating group) is 1. The minimum atomic E-state index is 0. The van der Waals surface area contributed by atoms with E-state index < -0.39 is 0 Å². The molecule has 0 saturated carbocycles. The van der Waals surface area contributed by atoms with Gasteiger partial charge in [-0.05, 0) is 32.1 Å². The van der Waals surface area contributed by atoms with E-state index in [9.17, 15) is 0 Å². The second-order valence-corrected chi connectivity index (χ2v) is 5.78. The number of hydrogen-bond acceptors (Lipinski definition) is 5. The molecule has 0 spiro atoms. The maximum Gasteiger partial charge on any atom is 0.142 e.